The number of nitrogens with zero attached hydrogens (tertiary/aromatic N) is 2. The topological polar surface area (TPSA) is 122 Å². The van der Waals surface area contributed by atoms with Crippen molar-refractivity contribution in [2.75, 3.05) is 0 Å². The maximum atomic E-state index is 7.69. The van der Waals surface area contributed by atoms with Gasteiger partial charge in [0.15, 0.2) is 0 Å². The van der Waals surface area contributed by atoms with E-state index in [1.807, 2.05) is 24.3 Å². The molecule has 0 spiro atoms. The number of fused-ring (bicyclic) bond motifs is 1. The van der Waals surface area contributed by atoms with E-state index in [0.717, 1.165) is 11.0 Å². The van der Waals surface area contributed by atoms with Crippen LogP contribution in [0.5, 0.6) is 0 Å². The van der Waals surface area contributed by atoms with Crippen LogP contribution in [0.15, 0.2) is 24.3 Å². The summed E-state index contributed by atoms with van der Waals surface area (Å²) in [6.07, 6.45) is 0. The van der Waals surface area contributed by atoms with Crippen LogP contribution in [0.1, 0.15) is 0 Å². The van der Waals surface area contributed by atoms with E-state index in [9.17, 15) is 0 Å². The van der Waals surface area contributed by atoms with E-state index in [1.54, 1.807) is 0 Å². The van der Waals surface area contributed by atoms with E-state index < -0.39 is 14.0 Å². The normalized spacial score (nSPS) is 9.33. The molecule has 0 saturated carbocycles. The number of para-hydroxylation sites is 2. The maximum Gasteiger partial charge on any atom is 0.482 e. The van der Waals surface area contributed by atoms with Crippen molar-refractivity contribution in [3.63, 3.8) is 0 Å². The Morgan fingerprint density at radius 2 is 1.27 bits per heavy atom. The second-order valence-corrected chi connectivity index (χ2v) is 2.64. The van der Waals surface area contributed by atoms with Crippen LogP contribution >= 0.6 is 0 Å². The number of aromatic nitrogens is 3. The molecule has 1 heterocycles. The quantitative estimate of drug-likeness (QED) is 0.345. The van der Waals surface area contributed by atoms with Crippen molar-refractivity contribution in [1.82, 2.24) is 15.4 Å². The van der Waals surface area contributed by atoms with Gasteiger partial charge in [0, 0.05) is 0 Å². The Labute approximate surface area is 85.6 Å². The second kappa shape index (κ2) is 5.47. The molecule has 0 aliphatic carbocycles. The van der Waals surface area contributed by atoms with E-state index in [1.165, 1.54) is 0 Å². The minimum atomic E-state index is -2.04. The molecular formula is C6H9B2N3O4. The molecule has 0 atom stereocenters. The van der Waals surface area contributed by atoms with Crippen LogP contribution in [0.3, 0.4) is 0 Å². The fourth-order valence-corrected chi connectivity index (χ4v) is 0.786. The molecule has 15 heavy (non-hydrogen) atoms. The van der Waals surface area contributed by atoms with Gasteiger partial charge >= 0.3 is 14.0 Å². The Morgan fingerprint density at radius 1 is 0.867 bits per heavy atom. The van der Waals surface area contributed by atoms with Gasteiger partial charge in [-0.05, 0) is 12.1 Å². The number of aromatic amines is 1. The van der Waals surface area contributed by atoms with E-state index in [-0.39, 0.29) is 0 Å². The first-order chi connectivity index (χ1) is 7.11. The zero-order valence-electron chi connectivity index (χ0n) is 7.65. The zero-order chi connectivity index (χ0) is 11.3. The molecule has 1 aromatic carbocycles. The molecule has 78 valence electrons. The molecule has 2 aromatic rings. The Kier molecular flexibility index (Phi) is 4.25. The third-order valence-corrected chi connectivity index (χ3v) is 1.49. The van der Waals surface area contributed by atoms with Crippen LogP contribution < -0.4 is 0 Å². The lowest BCUT2D eigenvalue weighted by Gasteiger charge is -1.89. The summed E-state index contributed by atoms with van der Waals surface area (Å²) in [4.78, 5) is 0. The minimum Gasteiger partial charge on any atom is -0.429 e. The number of H-pyrrole nitrogens is 1. The van der Waals surface area contributed by atoms with Gasteiger partial charge in [-0.25, -0.2) is 0 Å². The van der Waals surface area contributed by atoms with Crippen molar-refractivity contribution < 1.29 is 20.1 Å². The highest BCUT2D eigenvalue weighted by Crippen LogP contribution is 2.03. The van der Waals surface area contributed by atoms with E-state index in [0.29, 0.717) is 0 Å². The van der Waals surface area contributed by atoms with Gasteiger partial charge in [0.2, 0.25) is 0 Å². The monoisotopic (exact) mass is 209 g/mol. The fraction of sp³-hybridized carbons (Fsp3) is 0. The van der Waals surface area contributed by atoms with Crippen LogP contribution in [0, 0.1) is 0 Å². The van der Waals surface area contributed by atoms with Gasteiger partial charge < -0.3 is 20.1 Å². The molecule has 2 rings (SSSR count). The largest absolute Gasteiger partial charge is 0.482 e. The molecule has 0 amide bonds. The SMILES string of the molecule is OB(O)B(O)O.c1ccc2n[nH]nc2c1. The zero-order valence-corrected chi connectivity index (χ0v) is 7.65. The number of benzene rings is 1. The number of hydrogen-bond acceptors (Lipinski definition) is 6. The molecule has 0 aliphatic heterocycles. The Bertz CT molecular complexity index is 372. The summed E-state index contributed by atoms with van der Waals surface area (Å²) in [6.45, 7) is 0. The molecule has 0 bridgehead atoms. The number of nitrogens with one attached hydrogen (secondary N) is 1. The number of rotatable bonds is 1. The van der Waals surface area contributed by atoms with Gasteiger partial charge in [-0.2, -0.15) is 15.4 Å². The van der Waals surface area contributed by atoms with Gasteiger partial charge in [0.1, 0.15) is 11.0 Å². The van der Waals surface area contributed by atoms with Crippen molar-refractivity contribution in [2.45, 2.75) is 0 Å². The van der Waals surface area contributed by atoms with E-state index in [4.69, 9.17) is 20.1 Å². The Hall–Kier alpha value is -1.41. The second-order valence-electron chi connectivity index (χ2n) is 2.64. The smallest absolute Gasteiger partial charge is 0.429 e. The van der Waals surface area contributed by atoms with Crippen molar-refractivity contribution in [2.24, 2.45) is 0 Å². The summed E-state index contributed by atoms with van der Waals surface area (Å²) >= 11 is 0. The molecule has 0 unspecified atom stereocenters. The molecule has 5 N–H and O–H groups in total. The first-order valence-corrected chi connectivity index (χ1v) is 4.09. The average Bonchev–Trinajstić information content (AvgIpc) is 2.66. The van der Waals surface area contributed by atoms with Crippen molar-refractivity contribution in [1.29, 1.82) is 0 Å². The van der Waals surface area contributed by atoms with Gasteiger partial charge in [-0.15, -0.1) is 0 Å². The number of hydrogen-bond donors (Lipinski definition) is 5. The molecule has 7 nitrogen and oxygen atoms in total. The lowest BCUT2D eigenvalue weighted by atomic mass is 9.50. The summed E-state index contributed by atoms with van der Waals surface area (Å²) in [6, 6.07) is 7.70. The predicted molar refractivity (Wildman–Crippen MR) is 54.3 cm³/mol. The van der Waals surface area contributed by atoms with Crippen molar-refractivity contribution >= 4 is 25.1 Å². The maximum absolute atomic E-state index is 7.69. The molecule has 9 heteroatoms. The highest BCUT2D eigenvalue weighted by Gasteiger charge is 2.23. The van der Waals surface area contributed by atoms with Crippen LogP contribution in [0.25, 0.3) is 11.0 Å². The summed E-state index contributed by atoms with van der Waals surface area (Å²) in [5.74, 6) is 0. The lowest BCUT2D eigenvalue weighted by molar-refractivity contribution is 0.368. The van der Waals surface area contributed by atoms with E-state index >= 15 is 0 Å². The van der Waals surface area contributed by atoms with Crippen LogP contribution in [-0.4, -0.2) is 49.5 Å². The van der Waals surface area contributed by atoms with Crippen molar-refractivity contribution in [3.8, 4) is 0 Å². The molecule has 0 radical (unpaired) electrons. The highest BCUT2D eigenvalue weighted by molar-refractivity contribution is 7.07. The standard InChI is InChI=1S/C6H5N3.B2H4O4/c1-2-4-6-5(3-1)7-9-8-6;3-1(4)2(5)6/h1-4H,(H,7,8,9);3-6H. The van der Waals surface area contributed by atoms with Gasteiger partial charge in [-0.1, -0.05) is 12.1 Å². The van der Waals surface area contributed by atoms with Crippen LogP contribution in [0.2, 0.25) is 0 Å². The molecule has 0 aliphatic rings. The van der Waals surface area contributed by atoms with Crippen LogP contribution in [0.4, 0.5) is 0 Å². The van der Waals surface area contributed by atoms with Gasteiger partial charge in [0.05, 0.1) is 0 Å². The summed E-state index contributed by atoms with van der Waals surface area (Å²) in [5.41, 5.74) is 1.83. The highest BCUT2D eigenvalue weighted by atomic mass is 16.4. The van der Waals surface area contributed by atoms with Crippen LogP contribution in [-0.2, 0) is 0 Å². The lowest BCUT2D eigenvalue weighted by Crippen LogP contribution is -2.35. The molecule has 0 fully saturated rings. The third kappa shape index (κ3) is 3.68. The Morgan fingerprint density at radius 3 is 1.60 bits per heavy atom. The van der Waals surface area contributed by atoms with E-state index in [2.05, 4.69) is 15.4 Å². The van der Waals surface area contributed by atoms with Gasteiger partial charge in [0.25, 0.3) is 0 Å². The third-order valence-electron chi connectivity index (χ3n) is 1.49. The average molecular weight is 209 g/mol. The first-order valence-electron chi connectivity index (χ1n) is 4.09. The first kappa shape index (κ1) is 11.7. The molecular weight excluding hydrogens is 200 g/mol. The summed E-state index contributed by atoms with van der Waals surface area (Å²) < 4.78 is 0. The fourth-order valence-electron chi connectivity index (χ4n) is 0.786. The molecule has 0 saturated heterocycles. The molecule has 1 aromatic heterocycles. The summed E-state index contributed by atoms with van der Waals surface area (Å²) in [5, 5.41) is 41.0. The summed E-state index contributed by atoms with van der Waals surface area (Å²) in [7, 11) is -4.07. The van der Waals surface area contributed by atoms with Crippen molar-refractivity contribution in [3.05, 3.63) is 24.3 Å². The van der Waals surface area contributed by atoms with Gasteiger partial charge in [-0.3, -0.25) is 0 Å². The minimum absolute atomic E-state index is 0.914. The Balaban J connectivity index is 0.000000167. The predicted octanol–water partition coefficient (Wildman–Crippen LogP) is -2.03.